The Morgan fingerprint density at radius 3 is 2.54 bits per heavy atom. The molecule has 0 spiro atoms. The molecule has 194 valence electrons. The normalized spacial score (nSPS) is 40.6. The summed E-state index contributed by atoms with van der Waals surface area (Å²) < 4.78 is 16.7. The highest BCUT2D eigenvalue weighted by Gasteiger charge is 2.66. The zero-order chi connectivity index (χ0) is 25.4. The minimum absolute atomic E-state index is 0.140. The molecule has 5 nitrogen and oxygen atoms in total. The van der Waals surface area contributed by atoms with E-state index in [0.717, 1.165) is 30.4 Å². The molecule has 0 bridgehead atoms. The smallest absolute Gasteiger partial charge is 0.140 e. The number of hydrogen-bond donors (Lipinski definition) is 5. The molecule has 1 aromatic rings. The van der Waals surface area contributed by atoms with Crippen molar-refractivity contribution >= 4 is 17.3 Å². The van der Waals surface area contributed by atoms with Crippen molar-refractivity contribution in [1.82, 2.24) is 5.32 Å². The number of alkyl halides is 1. The summed E-state index contributed by atoms with van der Waals surface area (Å²) >= 11 is 0. The Morgan fingerprint density at radius 2 is 1.86 bits per heavy atom. The predicted molar refractivity (Wildman–Crippen MR) is 142 cm³/mol. The molecule has 0 heterocycles. The Balaban J connectivity index is 0.000000917. The first-order valence-corrected chi connectivity index (χ1v) is 13.3. The van der Waals surface area contributed by atoms with Gasteiger partial charge in [0.15, 0.2) is 0 Å². The van der Waals surface area contributed by atoms with E-state index in [9.17, 15) is 10.2 Å². The van der Waals surface area contributed by atoms with Gasteiger partial charge in [-0.2, -0.15) is 0 Å². The van der Waals surface area contributed by atoms with Crippen LogP contribution in [0.25, 0.3) is 11.6 Å². The average Bonchev–Trinajstić information content (AvgIpc) is 3.11. The van der Waals surface area contributed by atoms with E-state index in [1.165, 1.54) is 11.8 Å². The van der Waals surface area contributed by atoms with Gasteiger partial charge in [0.1, 0.15) is 11.3 Å². The first-order valence-electron chi connectivity index (χ1n) is 13.3. The molecule has 7 atom stereocenters. The van der Waals surface area contributed by atoms with E-state index in [1.54, 1.807) is 6.08 Å². The third kappa shape index (κ3) is 4.42. The molecule has 0 aliphatic heterocycles. The topological polar surface area (TPSA) is 105 Å². The third-order valence-corrected chi connectivity index (χ3v) is 9.60. The minimum Gasteiger partial charge on any atom is -0.405 e. The van der Waals surface area contributed by atoms with Crippen LogP contribution in [0.1, 0.15) is 75.8 Å². The van der Waals surface area contributed by atoms with E-state index >= 15 is 4.39 Å². The van der Waals surface area contributed by atoms with Gasteiger partial charge in [-0.3, -0.25) is 0 Å². The van der Waals surface area contributed by atoms with E-state index < -0.39 is 11.3 Å². The van der Waals surface area contributed by atoms with Crippen LogP contribution in [0.3, 0.4) is 0 Å². The largest absolute Gasteiger partial charge is 0.405 e. The molecule has 0 radical (unpaired) electrons. The van der Waals surface area contributed by atoms with Crippen molar-refractivity contribution in [2.45, 2.75) is 82.1 Å². The van der Waals surface area contributed by atoms with Crippen LogP contribution in [-0.4, -0.2) is 41.7 Å². The molecule has 0 aromatic heterocycles. The standard InChI is InChI=1S/C27H37FN2O2.C2H7N/c1-25-11-12-26(28)16-20-14-21(31)5-4-17(20)8-10-27(26,32)24(25)7-6-22(25)19-3-2-18(9-13-29)23(30)15-19;1-3-2/h2-3,6,9,13,15,17,20-21,24,31-32H,4-5,7-8,10-12,14,16,29-30H2,1H3;3H,1-2H3/b13-9-;/t17?,20?,21?,24?,25?,26?,27-;/m0./s1. The Labute approximate surface area is 209 Å². The Kier molecular flexibility index (Phi) is 7.38. The van der Waals surface area contributed by atoms with Crippen molar-refractivity contribution in [2.24, 2.45) is 28.9 Å². The van der Waals surface area contributed by atoms with Gasteiger partial charge in [-0.25, -0.2) is 4.39 Å². The van der Waals surface area contributed by atoms with E-state index in [0.29, 0.717) is 50.1 Å². The number of anilines is 1. The van der Waals surface area contributed by atoms with Crippen LogP contribution in [0.15, 0.2) is 30.5 Å². The number of aliphatic hydroxyl groups excluding tert-OH is 1. The molecule has 7 N–H and O–H groups in total. The molecule has 3 saturated carbocycles. The lowest BCUT2D eigenvalue weighted by molar-refractivity contribution is -0.195. The zero-order valence-electron chi connectivity index (χ0n) is 21.6. The summed E-state index contributed by atoms with van der Waals surface area (Å²) in [5.41, 5.74) is 12.4. The van der Waals surface area contributed by atoms with Crippen LogP contribution in [0.5, 0.6) is 0 Å². The number of hydrogen-bond acceptors (Lipinski definition) is 5. The maximum atomic E-state index is 16.7. The van der Waals surface area contributed by atoms with Gasteiger partial charge in [0, 0.05) is 11.6 Å². The highest BCUT2D eigenvalue weighted by Crippen LogP contribution is 2.66. The number of allylic oxidation sites excluding steroid dienone is 2. The fourth-order valence-corrected chi connectivity index (χ4v) is 7.81. The molecule has 3 fully saturated rings. The van der Waals surface area contributed by atoms with E-state index in [-0.39, 0.29) is 23.4 Å². The van der Waals surface area contributed by atoms with Crippen LogP contribution in [0, 0.1) is 23.2 Å². The predicted octanol–water partition coefficient (Wildman–Crippen LogP) is 4.64. The first kappa shape index (κ1) is 26.2. The zero-order valence-corrected chi connectivity index (χ0v) is 21.6. The Hall–Kier alpha value is -1.89. The van der Waals surface area contributed by atoms with E-state index in [4.69, 9.17) is 11.5 Å². The number of aliphatic hydroxyl groups is 2. The summed E-state index contributed by atoms with van der Waals surface area (Å²) in [5, 5.41) is 25.0. The third-order valence-electron chi connectivity index (χ3n) is 9.60. The van der Waals surface area contributed by atoms with Gasteiger partial charge in [-0.15, -0.1) is 0 Å². The molecule has 0 saturated heterocycles. The van der Waals surface area contributed by atoms with E-state index in [2.05, 4.69) is 24.4 Å². The van der Waals surface area contributed by atoms with Crippen LogP contribution in [0.4, 0.5) is 10.1 Å². The minimum atomic E-state index is -1.58. The average molecular weight is 486 g/mol. The van der Waals surface area contributed by atoms with Crippen molar-refractivity contribution < 1.29 is 14.6 Å². The maximum Gasteiger partial charge on any atom is 0.140 e. The molecule has 5 rings (SSSR count). The number of rotatable bonds is 2. The molecule has 6 unspecified atom stereocenters. The SMILES string of the molecule is CC12CCC3(F)CC4CC(O)CCC4CC[C@]3(O)C1CC=C2c1ccc(/C=C\N)c(N)c1.CNC. The van der Waals surface area contributed by atoms with Gasteiger partial charge >= 0.3 is 0 Å². The summed E-state index contributed by atoms with van der Waals surface area (Å²) in [6.45, 7) is 2.21. The second-order valence-electron chi connectivity index (χ2n) is 11.6. The van der Waals surface area contributed by atoms with E-state index in [1.807, 2.05) is 26.2 Å². The van der Waals surface area contributed by atoms with Gasteiger partial charge in [0.25, 0.3) is 0 Å². The van der Waals surface area contributed by atoms with Crippen molar-refractivity contribution in [3.63, 3.8) is 0 Å². The van der Waals surface area contributed by atoms with Gasteiger partial charge in [-0.1, -0.05) is 25.1 Å². The van der Waals surface area contributed by atoms with Gasteiger partial charge < -0.3 is 27.0 Å². The number of nitrogen functional groups attached to an aromatic ring is 1. The summed E-state index contributed by atoms with van der Waals surface area (Å²) in [4.78, 5) is 0. The molecule has 6 heteroatoms. The van der Waals surface area contributed by atoms with Gasteiger partial charge in [-0.05, 0) is 124 Å². The second-order valence-corrected chi connectivity index (χ2v) is 11.6. The Morgan fingerprint density at radius 1 is 1.11 bits per heavy atom. The van der Waals surface area contributed by atoms with Crippen molar-refractivity contribution in [1.29, 1.82) is 0 Å². The summed E-state index contributed by atoms with van der Waals surface area (Å²) in [6, 6.07) is 6.03. The monoisotopic (exact) mass is 485 g/mol. The van der Waals surface area contributed by atoms with Crippen LogP contribution >= 0.6 is 0 Å². The molecule has 4 aliphatic carbocycles. The van der Waals surface area contributed by atoms with Gasteiger partial charge in [0.2, 0.25) is 0 Å². The van der Waals surface area contributed by atoms with Crippen LogP contribution in [0.2, 0.25) is 0 Å². The summed E-state index contributed by atoms with van der Waals surface area (Å²) in [7, 11) is 3.75. The molecular formula is C29H44FN3O2. The Bertz CT molecular complexity index is 981. The summed E-state index contributed by atoms with van der Waals surface area (Å²) in [6.07, 6.45) is 11.1. The molecule has 1 aromatic carbocycles. The fourth-order valence-electron chi connectivity index (χ4n) is 7.81. The number of fused-ring (bicyclic) bond motifs is 4. The number of benzene rings is 1. The van der Waals surface area contributed by atoms with Crippen molar-refractivity contribution in [3.05, 3.63) is 41.6 Å². The highest BCUT2D eigenvalue weighted by atomic mass is 19.1. The number of halogens is 1. The molecule has 35 heavy (non-hydrogen) atoms. The van der Waals surface area contributed by atoms with Crippen molar-refractivity contribution in [2.75, 3.05) is 19.8 Å². The number of nitrogens with two attached hydrogens (primary N) is 2. The van der Waals surface area contributed by atoms with Crippen LogP contribution < -0.4 is 16.8 Å². The lowest BCUT2D eigenvalue weighted by Crippen LogP contribution is -2.62. The first-order chi connectivity index (χ1) is 16.6. The lowest BCUT2D eigenvalue weighted by atomic mass is 9.53. The lowest BCUT2D eigenvalue weighted by Gasteiger charge is -2.56. The van der Waals surface area contributed by atoms with Crippen molar-refractivity contribution in [3.8, 4) is 0 Å². The summed E-state index contributed by atoms with van der Waals surface area (Å²) in [5.74, 6) is 0.459. The molecular weight excluding hydrogens is 441 g/mol. The van der Waals surface area contributed by atoms with Gasteiger partial charge in [0.05, 0.1) is 6.10 Å². The quantitative estimate of drug-likeness (QED) is 0.393. The molecule has 0 amide bonds. The number of nitrogens with one attached hydrogen (secondary N) is 1. The fraction of sp³-hybridized carbons (Fsp3) is 0.655. The van der Waals surface area contributed by atoms with Crippen LogP contribution in [-0.2, 0) is 0 Å². The highest BCUT2D eigenvalue weighted by molar-refractivity contribution is 5.78. The molecule has 4 aliphatic rings. The second kappa shape index (κ2) is 9.87. The maximum absolute atomic E-state index is 16.7.